The molecule has 1 amide bonds. The Bertz CT molecular complexity index is 2550. The third-order valence-electron chi connectivity index (χ3n) is 10.1. The van der Waals surface area contributed by atoms with Crippen LogP contribution in [0.5, 0.6) is 11.5 Å². The Labute approximate surface area is 347 Å². The normalized spacial score (nSPS) is 17.3. The number of fused-ring (bicyclic) bond motifs is 2. The number of methoxy groups -OCH3 is 2. The van der Waals surface area contributed by atoms with Crippen molar-refractivity contribution < 1.29 is 72.7 Å². The van der Waals surface area contributed by atoms with Crippen LogP contribution in [0.1, 0.15) is 79.3 Å². The molecule has 2 aliphatic carbocycles. The van der Waals surface area contributed by atoms with E-state index in [1.54, 1.807) is 20.8 Å². The lowest BCUT2D eigenvalue weighted by molar-refractivity contribution is 0.0493. The zero-order valence-electron chi connectivity index (χ0n) is 33.7. The molecule has 0 radical (unpaired) electrons. The maximum Gasteiger partial charge on any atom is 0.798 e. The second-order valence-corrected chi connectivity index (χ2v) is 15.7. The highest BCUT2D eigenvalue weighted by Crippen LogP contribution is 2.45. The fraction of sp³-hybridized carbons (Fsp3) is 0.447. The number of carbonyl (C=O) groups excluding carboxylic acids is 3. The third kappa shape index (κ3) is 9.42. The standard InChI is InChI=1S/C24H28BF4N3O6.C14H10BF4NO4/c1-24(2,3)37-23(35)30-17-11-31(9-12(17)8-26)19-16(27)7-14-18(21(19)36-4)32(13-5-6-13)10-15(20(14)33)22(34)38-25(28)29;1-23-13-10(17)9(16)4-7-11(13)20(6-2-3-6)5-8(12(7)21)14(22)24-15(18)19/h7,10,12-13,17H,5-6,8-9,11H2,1-4H3,(H,30,35);4-6H,2-3H2,1H3/t12-,17+;/m0./s1. The van der Waals surface area contributed by atoms with Crippen LogP contribution in [0.4, 0.5) is 45.3 Å². The van der Waals surface area contributed by atoms with E-state index < -0.39 is 102 Å². The fourth-order valence-electron chi connectivity index (χ4n) is 7.24. The Kier molecular flexibility index (Phi) is 13.1. The van der Waals surface area contributed by atoms with Crippen LogP contribution < -0.4 is 30.5 Å². The molecular weight excluding hydrogens is 846 g/mol. The lowest BCUT2D eigenvalue weighted by Gasteiger charge is -2.25. The first-order chi connectivity index (χ1) is 29.2. The molecule has 2 atom stereocenters. The first-order valence-corrected chi connectivity index (χ1v) is 19.0. The molecule has 0 bridgehead atoms. The zero-order valence-corrected chi connectivity index (χ0v) is 33.7. The minimum atomic E-state index is -3.43. The lowest BCUT2D eigenvalue weighted by atomic mass is 10.1. The second-order valence-electron chi connectivity index (χ2n) is 15.7. The van der Waals surface area contributed by atoms with Crippen molar-refractivity contribution in [3.8, 4) is 11.5 Å². The van der Waals surface area contributed by atoms with Crippen molar-refractivity contribution in [1.82, 2.24) is 14.5 Å². The summed E-state index contributed by atoms with van der Waals surface area (Å²) < 4.78 is 133. The Morgan fingerprint density at radius 3 is 1.65 bits per heavy atom. The van der Waals surface area contributed by atoms with Crippen LogP contribution in [0.3, 0.4) is 0 Å². The van der Waals surface area contributed by atoms with Gasteiger partial charge in [0.05, 0.1) is 48.7 Å². The number of benzene rings is 2. The predicted octanol–water partition coefficient (Wildman–Crippen LogP) is 6.57. The van der Waals surface area contributed by atoms with E-state index in [0.29, 0.717) is 31.7 Å². The van der Waals surface area contributed by atoms with Crippen LogP contribution in [0.15, 0.2) is 34.1 Å². The van der Waals surface area contributed by atoms with E-state index in [2.05, 4.69) is 14.6 Å². The molecular formula is C38H38B2F8N4O10. The molecule has 0 spiro atoms. The quantitative estimate of drug-likeness (QED) is 0.129. The molecule has 2 saturated carbocycles. The van der Waals surface area contributed by atoms with Gasteiger partial charge in [-0.15, -0.1) is 0 Å². The van der Waals surface area contributed by atoms with E-state index in [0.717, 1.165) is 25.6 Å². The first-order valence-electron chi connectivity index (χ1n) is 19.0. The van der Waals surface area contributed by atoms with E-state index in [1.807, 2.05) is 0 Å². The van der Waals surface area contributed by atoms with Gasteiger partial charge in [-0.3, -0.25) is 14.0 Å². The molecule has 62 heavy (non-hydrogen) atoms. The number of halogens is 8. The monoisotopic (exact) mass is 884 g/mol. The number of alkyl carbamates (subject to hydrolysis) is 1. The summed E-state index contributed by atoms with van der Waals surface area (Å²) in [4.78, 5) is 63.2. The summed E-state index contributed by atoms with van der Waals surface area (Å²) in [5.74, 6) is -7.78. The molecule has 3 fully saturated rings. The van der Waals surface area contributed by atoms with Gasteiger partial charge in [-0.2, -0.15) is 4.39 Å². The summed E-state index contributed by atoms with van der Waals surface area (Å²) in [6.45, 7) is 4.33. The maximum absolute atomic E-state index is 15.6. The number of pyridine rings is 2. The van der Waals surface area contributed by atoms with E-state index in [4.69, 9.17) is 14.2 Å². The smallest absolute Gasteiger partial charge is 0.492 e. The number of hydrogen-bond donors (Lipinski definition) is 1. The number of aromatic nitrogens is 2. The first kappa shape index (κ1) is 45.6. The minimum absolute atomic E-state index is 0.0269. The van der Waals surface area contributed by atoms with Gasteiger partial charge in [0.2, 0.25) is 16.7 Å². The molecule has 24 heteroatoms. The van der Waals surface area contributed by atoms with Gasteiger partial charge < -0.3 is 42.9 Å². The fourth-order valence-corrected chi connectivity index (χ4v) is 7.24. The largest absolute Gasteiger partial charge is 0.798 e. The van der Waals surface area contributed by atoms with Crippen LogP contribution in [0, 0.1) is 23.4 Å². The number of ether oxygens (including phenoxy) is 3. The highest BCUT2D eigenvalue weighted by atomic mass is 19.2. The van der Waals surface area contributed by atoms with E-state index in [1.165, 1.54) is 21.1 Å². The number of alkyl halides is 1. The van der Waals surface area contributed by atoms with Crippen LogP contribution >= 0.6 is 0 Å². The summed E-state index contributed by atoms with van der Waals surface area (Å²) in [5, 5.41) is 2.05. The van der Waals surface area contributed by atoms with Crippen LogP contribution in [-0.4, -0.2) is 87.7 Å². The molecule has 14 nitrogen and oxygen atoms in total. The SMILES string of the molecule is COc1c(F)c(F)cc2c(=O)c(C(=O)OB(F)F)cn(C3CC3)c12.COc1c(N2C[C@H](CF)[C@H](NC(=O)OC(C)(C)C)C2)c(F)cc2c(=O)c(C(=O)OB(F)F)cn(C3CC3)c12. The third-order valence-corrected chi connectivity index (χ3v) is 10.1. The molecule has 3 aliphatic rings. The van der Waals surface area contributed by atoms with Crippen LogP contribution in [0.2, 0.25) is 0 Å². The number of nitrogens with zero attached hydrogens (tertiary/aromatic N) is 3. The van der Waals surface area contributed by atoms with Crippen molar-refractivity contribution >= 4 is 60.5 Å². The molecule has 2 aromatic heterocycles. The average molecular weight is 884 g/mol. The van der Waals surface area contributed by atoms with Crippen LogP contribution in [0.25, 0.3) is 21.8 Å². The number of rotatable bonds is 11. The highest BCUT2D eigenvalue weighted by Gasteiger charge is 2.39. The second kappa shape index (κ2) is 17.8. The molecule has 1 saturated heterocycles. The summed E-state index contributed by atoms with van der Waals surface area (Å²) >= 11 is 0. The molecule has 0 unspecified atom stereocenters. The van der Waals surface area contributed by atoms with Gasteiger partial charge in [0, 0.05) is 43.5 Å². The Balaban J connectivity index is 0.000000229. The molecule has 1 N–H and O–H groups in total. The summed E-state index contributed by atoms with van der Waals surface area (Å²) in [6, 6.07) is 0.471. The maximum atomic E-state index is 15.6. The van der Waals surface area contributed by atoms with Gasteiger partial charge in [0.15, 0.2) is 23.1 Å². The van der Waals surface area contributed by atoms with Gasteiger partial charge in [-0.1, -0.05) is 0 Å². The van der Waals surface area contributed by atoms with Crippen molar-refractivity contribution in [3.63, 3.8) is 0 Å². The van der Waals surface area contributed by atoms with Gasteiger partial charge >= 0.3 is 33.0 Å². The number of amides is 1. The lowest BCUT2D eigenvalue weighted by Crippen LogP contribution is -2.43. The van der Waals surface area contributed by atoms with Crippen LogP contribution in [-0.2, 0) is 14.0 Å². The van der Waals surface area contributed by atoms with E-state index in [9.17, 15) is 54.4 Å². The van der Waals surface area contributed by atoms with E-state index in [-0.39, 0.29) is 58.4 Å². The summed E-state index contributed by atoms with van der Waals surface area (Å²) in [7, 11) is -4.45. The van der Waals surface area contributed by atoms with Gasteiger partial charge in [-0.25, -0.2) is 40.4 Å². The minimum Gasteiger partial charge on any atom is -0.492 e. The highest BCUT2D eigenvalue weighted by molar-refractivity contribution is 6.38. The molecule has 1 aliphatic heterocycles. The molecule has 4 aromatic rings. The van der Waals surface area contributed by atoms with Gasteiger partial charge in [0.25, 0.3) is 0 Å². The Morgan fingerprint density at radius 2 is 1.23 bits per heavy atom. The van der Waals surface area contributed by atoms with Crippen molar-refractivity contribution in [3.05, 3.63) is 73.6 Å². The number of carbonyl (C=O) groups is 3. The van der Waals surface area contributed by atoms with Gasteiger partial charge in [0.1, 0.15) is 22.4 Å². The predicted molar refractivity (Wildman–Crippen MR) is 208 cm³/mol. The molecule has 2 aromatic carbocycles. The summed E-state index contributed by atoms with van der Waals surface area (Å²) in [5.41, 5.74) is -4.04. The number of nitrogens with one attached hydrogen (secondary N) is 1. The van der Waals surface area contributed by atoms with E-state index >= 15 is 4.39 Å². The number of hydrogen-bond acceptors (Lipinski definition) is 11. The van der Waals surface area contributed by atoms with Crippen molar-refractivity contribution in [2.75, 3.05) is 38.9 Å². The molecule has 7 rings (SSSR count). The number of anilines is 1. The van der Waals surface area contributed by atoms with Crippen molar-refractivity contribution in [1.29, 1.82) is 0 Å². The Hall–Kier alpha value is -5.96. The van der Waals surface area contributed by atoms with Crippen molar-refractivity contribution in [2.45, 2.75) is 70.2 Å². The molecule has 332 valence electrons. The van der Waals surface area contributed by atoms with Crippen molar-refractivity contribution in [2.24, 2.45) is 5.92 Å². The van der Waals surface area contributed by atoms with Gasteiger partial charge in [-0.05, 0) is 58.6 Å². The molecule has 3 heterocycles. The summed E-state index contributed by atoms with van der Waals surface area (Å²) in [6.07, 6.45) is 4.09. The zero-order chi connectivity index (χ0) is 45.5. The Morgan fingerprint density at radius 1 is 0.758 bits per heavy atom. The topological polar surface area (TPSA) is 157 Å². The average Bonchev–Trinajstić information content (AvgIpc) is 4.13.